The second kappa shape index (κ2) is 4.86. The minimum atomic E-state index is -1.45. The molecule has 7 heteroatoms. The van der Waals surface area contributed by atoms with Gasteiger partial charge in [0.2, 0.25) is 5.91 Å². The third-order valence-corrected chi connectivity index (χ3v) is 2.27. The van der Waals surface area contributed by atoms with Gasteiger partial charge in [-0.3, -0.25) is 4.79 Å². The van der Waals surface area contributed by atoms with Crippen LogP contribution in [0.3, 0.4) is 0 Å². The minimum Gasteiger partial charge on any atom is -0.394 e. The van der Waals surface area contributed by atoms with Crippen LogP contribution in [0.25, 0.3) is 0 Å². The predicted octanol–water partition coefficient (Wildman–Crippen LogP) is -3.08. The Morgan fingerprint density at radius 3 is 2.40 bits per heavy atom. The topological polar surface area (TPSA) is 119 Å². The van der Waals surface area contributed by atoms with E-state index in [1.807, 2.05) is 0 Å². The molecule has 1 aliphatic heterocycles. The standard InChI is InChI=1S/C8H15NO6/c1-3(11)9-5-7(13)6(12)4(2-10)15-8(5)14/h4-8,10,12-14H,2H2,1H3,(H,9,11)/t4-,5+,6+,7+,8?/m1/s1. The molecule has 0 saturated carbocycles. The van der Waals surface area contributed by atoms with Crippen LogP contribution in [-0.4, -0.2) is 63.6 Å². The van der Waals surface area contributed by atoms with Gasteiger partial charge in [-0.25, -0.2) is 0 Å². The van der Waals surface area contributed by atoms with E-state index in [4.69, 9.17) is 9.84 Å². The van der Waals surface area contributed by atoms with Crippen LogP contribution in [0.2, 0.25) is 0 Å². The molecular weight excluding hydrogens is 206 g/mol. The molecule has 15 heavy (non-hydrogen) atoms. The van der Waals surface area contributed by atoms with Crippen molar-refractivity contribution in [1.29, 1.82) is 0 Å². The van der Waals surface area contributed by atoms with Gasteiger partial charge in [0.1, 0.15) is 24.4 Å². The molecular formula is C8H15NO6. The molecule has 0 bridgehead atoms. The summed E-state index contributed by atoms with van der Waals surface area (Å²) in [5.41, 5.74) is 0. The lowest BCUT2D eigenvalue weighted by Crippen LogP contribution is -2.63. The van der Waals surface area contributed by atoms with Crippen LogP contribution in [-0.2, 0) is 9.53 Å². The van der Waals surface area contributed by atoms with E-state index in [0.717, 1.165) is 0 Å². The summed E-state index contributed by atoms with van der Waals surface area (Å²) in [7, 11) is 0. The van der Waals surface area contributed by atoms with Crippen LogP contribution < -0.4 is 5.32 Å². The Morgan fingerprint density at radius 2 is 1.93 bits per heavy atom. The van der Waals surface area contributed by atoms with Crippen LogP contribution in [0, 0.1) is 0 Å². The molecule has 0 aliphatic carbocycles. The molecule has 1 saturated heterocycles. The van der Waals surface area contributed by atoms with Gasteiger partial charge in [-0.1, -0.05) is 0 Å². The summed E-state index contributed by atoms with van der Waals surface area (Å²) in [6.45, 7) is 0.687. The zero-order valence-electron chi connectivity index (χ0n) is 8.20. The molecule has 7 nitrogen and oxygen atoms in total. The zero-order chi connectivity index (χ0) is 11.6. The Kier molecular flexibility index (Phi) is 4.00. The van der Waals surface area contributed by atoms with Crippen LogP contribution in [0.5, 0.6) is 0 Å². The van der Waals surface area contributed by atoms with Crippen LogP contribution >= 0.6 is 0 Å². The average molecular weight is 221 g/mol. The first kappa shape index (κ1) is 12.3. The molecule has 0 radical (unpaired) electrons. The van der Waals surface area contributed by atoms with Crippen molar-refractivity contribution in [3.8, 4) is 0 Å². The molecule has 1 amide bonds. The first-order chi connectivity index (χ1) is 6.97. The lowest BCUT2D eigenvalue weighted by atomic mass is 9.97. The van der Waals surface area contributed by atoms with Crippen molar-refractivity contribution in [3.63, 3.8) is 0 Å². The smallest absolute Gasteiger partial charge is 0.217 e. The average Bonchev–Trinajstić information content (AvgIpc) is 2.18. The fraction of sp³-hybridized carbons (Fsp3) is 0.875. The van der Waals surface area contributed by atoms with E-state index in [1.165, 1.54) is 6.92 Å². The third-order valence-electron chi connectivity index (χ3n) is 2.27. The summed E-state index contributed by atoms with van der Waals surface area (Å²) in [5, 5.41) is 39.4. The number of nitrogens with one attached hydrogen (secondary N) is 1. The highest BCUT2D eigenvalue weighted by molar-refractivity contribution is 5.73. The zero-order valence-corrected chi connectivity index (χ0v) is 8.20. The Hall–Kier alpha value is -0.730. The number of ether oxygens (including phenoxy) is 1. The highest BCUT2D eigenvalue weighted by Crippen LogP contribution is 2.19. The third kappa shape index (κ3) is 2.64. The maximum atomic E-state index is 10.7. The Balaban J connectivity index is 2.70. The molecule has 5 N–H and O–H groups in total. The van der Waals surface area contributed by atoms with Gasteiger partial charge in [0.15, 0.2) is 6.29 Å². The summed E-state index contributed by atoms with van der Waals surface area (Å²) in [4.78, 5) is 10.7. The van der Waals surface area contributed by atoms with Crippen LogP contribution in [0.15, 0.2) is 0 Å². The number of amides is 1. The normalized spacial score (nSPS) is 41.3. The summed E-state index contributed by atoms with van der Waals surface area (Å²) < 4.78 is 4.81. The van der Waals surface area contributed by atoms with E-state index < -0.39 is 43.2 Å². The van der Waals surface area contributed by atoms with Gasteiger partial charge < -0.3 is 30.5 Å². The van der Waals surface area contributed by atoms with Gasteiger partial charge in [0, 0.05) is 6.92 Å². The molecule has 1 unspecified atom stereocenters. The van der Waals surface area contributed by atoms with Crippen molar-refractivity contribution in [2.24, 2.45) is 0 Å². The van der Waals surface area contributed by atoms with E-state index in [1.54, 1.807) is 0 Å². The van der Waals surface area contributed by atoms with E-state index in [-0.39, 0.29) is 0 Å². The minimum absolute atomic E-state index is 0.462. The van der Waals surface area contributed by atoms with E-state index in [9.17, 15) is 20.1 Å². The molecule has 88 valence electrons. The molecule has 5 atom stereocenters. The number of carbonyl (C=O) groups is 1. The van der Waals surface area contributed by atoms with Gasteiger partial charge in [-0.15, -0.1) is 0 Å². The molecule has 1 aliphatic rings. The summed E-state index contributed by atoms with van der Waals surface area (Å²) >= 11 is 0. The van der Waals surface area contributed by atoms with Crippen molar-refractivity contribution in [1.82, 2.24) is 5.32 Å². The highest BCUT2D eigenvalue weighted by atomic mass is 16.6. The Morgan fingerprint density at radius 1 is 1.33 bits per heavy atom. The molecule has 0 aromatic carbocycles. The van der Waals surface area contributed by atoms with Crippen LogP contribution in [0.1, 0.15) is 6.92 Å². The van der Waals surface area contributed by atoms with Gasteiger partial charge in [0.25, 0.3) is 0 Å². The molecule has 1 fully saturated rings. The van der Waals surface area contributed by atoms with E-state index in [0.29, 0.717) is 0 Å². The fourth-order valence-electron chi connectivity index (χ4n) is 1.49. The van der Waals surface area contributed by atoms with Crippen molar-refractivity contribution >= 4 is 5.91 Å². The van der Waals surface area contributed by atoms with E-state index >= 15 is 0 Å². The summed E-state index contributed by atoms with van der Waals surface area (Å²) in [6.07, 6.45) is -5.24. The molecule has 0 aromatic rings. The Labute approximate surface area is 86.3 Å². The van der Waals surface area contributed by atoms with Gasteiger partial charge in [-0.05, 0) is 0 Å². The molecule has 0 spiro atoms. The van der Waals surface area contributed by atoms with Crippen molar-refractivity contribution < 1.29 is 30.0 Å². The second-order valence-electron chi connectivity index (χ2n) is 3.46. The second-order valence-corrected chi connectivity index (χ2v) is 3.46. The first-order valence-electron chi connectivity index (χ1n) is 4.55. The molecule has 1 heterocycles. The Bertz CT molecular complexity index is 235. The SMILES string of the molecule is CC(=O)N[C@@H]1C(O)O[C@H](CO)[C@H](O)[C@H]1O. The summed E-state index contributed by atoms with van der Waals surface area (Å²) in [6, 6.07) is -1.10. The largest absolute Gasteiger partial charge is 0.394 e. The quantitative estimate of drug-likeness (QED) is 0.337. The maximum absolute atomic E-state index is 10.7. The number of hydrogen-bond donors (Lipinski definition) is 5. The number of aliphatic hydroxyl groups is 4. The molecule has 0 aromatic heterocycles. The number of rotatable bonds is 2. The van der Waals surface area contributed by atoms with Gasteiger partial charge >= 0.3 is 0 Å². The van der Waals surface area contributed by atoms with Crippen LogP contribution in [0.4, 0.5) is 0 Å². The van der Waals surface area contributed by atoms with Crippen molar-refractivity contribution in [2.75, 3.05) is 6.61 Å². The number of aliphatic hydroxyl groups excluding tert-OH is 4. The van der Waals surface area contributed by atoms with Gasteiger partial charge in [0.05, 0.1) is 6.61 Å². The highest BCUT2D eigenvalue weighted by Gasteiger charge is 2.43. The fourth-order valence-corrected chi connectivity index (χ4v) is 1.49. The summed E-state index contributed by atoms with van der Waals surface area (Å²) in [5.74, 6) is -0.462. The molecule has 1 rings (SSSR count). The first-order valence-corrected chi connectivity index (χ1v) is 4.55. The van der Waals surface area contributed by atoms with Crippen molar-refractivity contribution in [2.45, 2.75) is 37.6 Å². The number of hydrogen-bond acceptors (Lipinski definition) is 6. The maximum Gasteiger partial charge on any atom is 0.217 e. The van der Waals surface area contributed by atoms with Crippen molar-refractivity contribution in [3.05, 3.63) is 0 Å². The lowest BCUT2D eigenvalue weighted by molar-refractivity contribution is -0.253. The predicted molar refractivity (Wildman–Crippen MR) is 47.6 cm³/mol. The van der Waals surface area contributed by atoms with Gasteiger partial charge in [-0.2, -0.15) is 0 Å². The van der Waals surface area contributed by atoms with E-state index in [2.05, 4.69) is 5.32 Å². The lowest BCUT2D eigenvalue weighted by Gasteiger charge is -2.40. The monoisotopic (exact) mass is 221 g/mol. The number of carbonyl (C=O) groups excluding carboxylic acids is 1.